The lowest BCUT2D eigenvalue weighted by Gasteiger charge is -2.17. The number of benzene rings is 2. The molecule has 0 heterocycles. The van der Waals surface area contributed by atoms with E-state index >= 15 is 0 Å². The zero-order chi connectivity index (χ0) is 13.7. The second-order valence-corrected chi connectivity index (χ2v) is 5.64. The van der Waals surface area contributed by atoms with Crippen LogP contribution in [-0.2, 0) is 6.42 Å². The molecule has 3 N–H and O–H groups in total. The van der Waals surface area contributed by atoms with Crippen molar-refractivity contribution in [3.05, 3.63) is 64.7 Å². The van der Waals surface area contributed by atoms with Crippen molar-refractivity contribution in [3.63, 3.8) is 0 Å². The first-order valence-electron chi connectivity index (χ1n) is 6.07. The Morgan fingerprint density at radius 3 is 2.26 bits per heavy atom. The van der Waals surface area contributed by atoms with Gasteiger partial charge in [-0.3, -0.25) is 11.3 Å². The predicted molar refractivity (Wildman–Crippen MR) is 83.4 cm³/mol. The van der Waals surface area contributed by atoms with E-state index in [1.165, 1.54) is 16.0 Å². The van der Waals surface area contributed by atoms with Crippen LogP contribution in [0.3, 0.4) is 0 Å². The Morgan fingerprint density at radius 1 is 1.11 bits per heavy atom. The minimum atomic E-state index is 0.108. The van der Waals surface area contributed by atoms with Crippen LogP contribution in [-0.4, -0.2) is 6.26 Å². The van der Waals surface area contributed by atoms with Gasteiger partial charge in [-0.25, -0.2) is 0 Å². The van der Waals surface area contributed by atoms with Crippen LogP contribution in [0.4, 0.5) is 0 Å². The fourth-order valence-electron chi connectivity index (χ4n) is 1.97. The van der Waals surface area contributed by atoms with Crippen molar-refractivity contribution in [1.82, 2.24) is 5.43 Å². The molecule has 0 bridgehead atoms. The minimum Gasteiger partial charge on any atom is -0.271 e. The fraction of sp³-hybridized carbons (Fsp3) is 0.200. The SMILES string of the molecule is CSc1ccc(C(Cc2ccc(Cl)cc2)NN)cc1. The fourth-order valence-corrected chi connectivity index (χ4v) is 2.50. The molecule has 0 aliphatic carbocycles. The maximum Gasteiger partial charge on any atom is 0.0500 e. The highest BCUT2D eigenvalue weighted by atomic mass is 35.5. The molecule has 0 radical (unpaired) electrons. The molecule has 100 valence electrons. The van der Waals surface area contributed by atoms with Crippen LogP contribution >= 0.6 is 23.4 Å². The molecule has 0 spiro atoms. The van der Waals surface area contributed by atoms with Gasteiger partial charge < -0.3 is 0 Å². The average molecular weight is 293 g/mol. The Balaban J connectivity index is 2.12. The summed E-state index contributed by atoms with van der Waals surface area (Å²) in [6.07, 6.45) is 2.91. The summed E-state index contributed by atoms with van der Waals surface area (Å²) in [5, 5.41) is 0.755. The number of nitrogens with two attached hydrogens (primary N) is 1. The van der Waals surface area contributed by atoms with E-state index in [1.54, 1.807) is 11.8 Å². The molecule has 0 aliphatic heterocycles. The molecule has 1 atom stereocenters. The highest BCUT2D eigenvalue weighted by Gasteiger charge is 2.10. The van der Waals surface area contributed by atoms with Crippen molar-refractivity contribution in [2.75, 3.05) is 6.26 Å². The number of rotatable bonds is 5. The molecule has 0 fully saturated rings. The summed E-state index contributed by atoms with van der Waals surface area (Å²) in [4.78, 5) is 1.26. The lowest BCUT2D eigenvalue weighted by atomic mass is 9.99. The average Bonchev–Trinajstić information content (AvgIpc) is 2.47. The standard InChI is InChI=1S/C15H17ClN2S/c1-19-14-8-4-12(5-9-14)15(18-17)10-11-2-6-13(16)7-3-11/h2-9,15,18H,10,17H2,1H3. The summed E-state index contributed by atoms with van der Waals surface area (Å²) >= 11 is 7.63. The summed E-state index contributed by atoms with van der Waals surface area (Å²) in [6, 6.07) is 16.4. The molecular formula is C15H17ClN2S. The van der Waals surface area contributed by atoms with Gasteiger partial charge in [0.2, 0.25) is 0 Å². The van der Waals surface area contributed by atoms with Crippen LogP contribution < -0.4 is 11.3 Å². The highest BCUT2D eigenvalue weighted by Crippen LogP contribution is 2.22. The quantitative estimate of drug-likeness (QED) is 0.500. The molecule has 2 aromatic carbocycles. The Morgan fingerprint density at radius 2 is 1.74 bits per heavy atom. The Kier molecular flexibility index (Phi) is 5.28. The molecule has 0 aromatic heterocycles. The largest absolute Gasteiger partial charge is 0.271 e. The molecule has 0 saturated heterocycles. The van der Waals surface area contributed by atoms with Gasteiger partial charge in [-0.05, 0) is 48.1 Å². The molecule has 0 aliphatic rings. The third kappa shape index (κ3) is 3.98. The summed E-state index contributed by atoms with van der Waals surface area (Å²) in [7, 11) is 0. The molecule has 0 amide bonds. The van der Waals surface area contributed by atoms with E-state index in [4.69, 9.17) is 17.4 Å². The third-order valence-electron chi connectivity index (χ3n) is 3.07. The second kappa shape index (κ2) is 6.96. The van der Waals surface area contributed by atoms with Crippen molar-refractivity contribution in [2.24, 2.45) is 5.84 Å². The molecule has 0 saturated carbocycles. The Bertz CT molecular complexity index is 511. The number of hydrogen-bond acceptors (Lipinski definition) is 3. The zero-order valence-electron chi connectivity index (χ0n) is 10.8. The van der Waals surface area contributed by atoms with E-state index in [-0.39, 0.29) is 6.04 Å². The normalized spacial score (nSPS) is 12.4. The topological polar surface area (TPSA) is 38.0 Å². The van der Waals surface area contributed by atoms with Crippen molar-refractivity contribution in [3.8, 4) is 0 Å². The van der Waals surface area contributed by atoms with Crippen molar-refractivity contribution >= 4 is 23.4 Å². The van der Waals surface area contributed by atoms with Crippen molar-refractivity contribution < 1.29 is 0 Å². The van der Waals surface area contributed by atoms with Crippen LogP contribution in [0.1, 0.15) is 17.2 Å². The first-order valence-corrected chi connectivity index (χ1v) is 7.67. The van der Waals surface area contributed by atoms with E-state index in [0.717, 1.165) is 11.4 Å². The van der Waals surface area contributed by atoms with E-state index < -0.39 is 0 Å². The molecular weight excluding hydrogens is 276 g/mol. The smallest absolute Gasteiger partial charge is 0.0500 e. The number of hydrogen-bond donors (Lipinski definition) is 2. The van der Waals surface area contributed by atoms with Gasteiger partial charge in [0.15, 0.2) is 0 Å². The molecule has 4 heteroatoms. The van der Waals surface area contributed by atoms with Crippen molar-refractivity contribution in [2.45, 2.75) is 17.4 Å². The van der Waals surface area contributed by atoms with Crippen LogP contribution in [0.5, 0.6) is 0 Å². The second-order valence-electron chi connectivity index (χ2n) is 4.32. The van der Waals surface area contributed by atoms with Gasteiger partial charge in [-0.1, -0.05) is 35.9 Å². The van der Waals surface area contributed by atoms with Gasteiger partial charge in [0, 0.05) is 16.0 Å². The summed E-state index contributed by atoms with van der Waals surface area (Å²) in [6.45, 7) is 0. The van der Waals surface area contributed by atoms with Gasteiger partial charge in [-0.2, -0.15) is 0 Å². The monoisotopic (exact) mass is 292 g/mol. The van der Waals surface area contributed by atoms with Crippen LogP contribution in [0, 0.1) is 0 Å². The number of thioether (sulfide) groups is 1. The van der Waals surface area contributed by atoms with Crippen molar-refractivity contribution in [1.29, 1.82) is 0 Å². The van der Waals surface area contributed by atoms with Crippen LogP contribution in [0.25, 0.3) is 0 Å². The van der Waals surface area contributed by atoms with Crippen LogP contribution in [0.2, 0.25) is 5.02 Å². The van der Waals surface area contributed by atoms with Gasteiger partial charge >= 0.3 is 0 Å². The van der Waals surface area contributed by atoms with E-state index in [9.17, 15) is 0 Å². The third-order valence-corrected chi connectivity index (χ3v) is 4.07. The maximum absolute atomic E-state index is 5.89. The number of nitrogens with one attached hydrogen (secondary N) is 1. The molecule has 1 unspecified atom stereocenters. The maximum atomic E-state index is 5.89. The molecule has 2 rings (SSSR count). The van der Waals surface area contributed by atoms with Gasteiger partial charge in [0.05, 0.1) is 0 Å². The van der Waals surface area contributed by atoms with E-state index in [0.29, 0.717) is 0 Å². The number of halogens is 1. The summed E-state index contributed by atoms with van der Waals surface area (Å²) in [5.41, 5.74) is 5.28. The van der Waals surface area contributed by atoms with Gasteiger partial charge in [-0.15, -0.1) is 11.8 Å². The Labute approximate surface area is 123 Å². The van der Waals surface area contributed by atoms with E-state index in [2.05, 4.69) is 35.9 Å². The molecule has 19 heavy (non-hydrogen) atoms. The first kappa shape index (κ1) is 14.4. The first-order chi connectivity index (χ1) is 9.22. The Hall–Kier alpha value is -1.00. The lowest BCUT2D eigenvalue weighted by molar-refractivity contribution is 0.551. The molecule has 2 nitrogen and oxygen atoms in total. The predicted octanol–water partition coefficient (Wildman–Crippen LogP) is 3.81. The van der Waals surface area contributed by atoms with Gasteiger partial charge in [0.25, 0.3) is 0 Å². The summed E-state index contributed by atoms with van der Waals surface area (Å²) in [5.74, 6) is 5.67. The lowest BCUT2D eigenvalue weighted by Crippen LogP contribution is -2.29. The molecule has 2 aromatic rings. The van der Waals surface area contributed by atoms with E-state index in [1.807, 2.05) is 24.3 Å². The zero-order valence-corrected chi connectivity index (χ0v) is 12.3. The highest BCUT2D eigenvalue weighted by molar-refractivity contribution is 7.98. The minimum absolute atomic E-state index is 0.108. The summed E-state index contributed by atoms with van der Waals surface area (Å²) < 4.78 is 0. The van der Waals surface area contributed by atoms with Crippen LogP contribution in [0.15, 0.2) is 53.4 Å². The number of hydrazine groups is 1. The van der Waals surface area contributed by atoms with Gasteiger partial charge in [0.1, 0.15) is 0 Å².